The third kappa shape index (κ3) is 3.83. The molecule has 1 aliphatic rings. The number of nitrogens with zero attached hydrogens (tertiary/aromatic N) is 3. The van der Waals surface area contributed by atoms with Crippen LogP contribution >= 0.6 is 11.6 Å². The van der Waals surface area contributed by atoms with Gasteiger partial charge in [-0.25, -0.2) is 4.98 Å². The number of halogens is 1. The smallest absolute Gasteiger partial charge is 0.293 e. The van der Waals surface area contributed by atoms with Gasteiger partial charge in [0.2, 0.25) is 11.7 Å². The van der Waals surface area contributed by atoms with E-state index in [1.54, 1.807) is 17.2 Å². The number of hydrogen-bond acceptors (Lipinski definition) is 5. The fraction of sp³-hybridized carbons (Fsp3) is 0.381. The van der Waals surface area contributed by atoms with E-state index in [9.17, 15) is 4.79 Å². The summed E-state index contributed by atoms with van der Waals surface area (Å²) in [5.41, 5.74) is 1.83. The third-order valence-corrected chi connectivity index (χ3v) is 5.20. The maximum atomic E-state index is 12.9. The molecule has 0 unspecified atom stereocenters. The molecule has 28 heavy (non-hydrogen) atoms. The molecule has 4 rings (SSSR count). The summed E-state index contributed by atoms with van der Waals surface area (Å²) in [4.78, 5) is 19.1. The van der Waals surface area contributed by atoms with E-state index in [1.165, 1.54) is 0 Å². The molecular weight excluding hydrogens is 378 g/mol. The molecule has 1 aromatic carbocycles. The minimum absolute atomic E-state index is 0.170. The summed E-state index contributed by atoms with van der Waals surface area (Å²) in [6, 6.07) is 9.19. The average Bonchev–Trinajstić information content (AvgIpc) is 3.41. The van der Waals surface area contributed by atoms with E-state index in [4.69, 9.17) is 20.5 Å². The fourth-order valence-corrected chi connectivity index (χ4v) is 3.69. The minimum atomic E-state index is -0.187. The lowest BCUT2D eigenvalue weighted by Gasteiger charge is -2.20. The van der Waals surface area contributed by atoms with Crippen molar-refractivity contribution < 1.29 is 13.7 Å². The molecule has 1 saturated heterocycles. The van der Waals surface area contributed by atoms with Crippen molar-refractivity contribution in [3.63, 3.8) is 0 Å². The van der Waals surface area contributed by atoms with Gasteiger partial charge in [0.05, 0.1) is 11.9 Å². The molecule has 1 amide bonds. The molecule has 0 radical (unpaired) electrons. The van der Waals surface area contributed by atoms with Gasteiger partial charge in [-0.1, -0.05) is 42.7 Å². The quantitative estimate of drug-likeness (QED) is 0.603. The standard InChI is InChI=1S/C21H22ClN3O3/c1-13(2)17-11-19(28-24-17)21(26)25-8-4-7-18(25)20-23-12-16(27-20)10-14-5-3-6-15(22)9-14/h3,5-6,9,11-13,18H,4,7-8,10H2,1-2H3/t18-/m0/s1. The molecule has 0 aliphatic carbocycles. The number of amides is 1. The highest BCUT2D eigenvalue weighted by atomic mass is 35.5. The van der Waals surface area contributed by atoms with E-state index in [1.807, 2.05) is 38.1 Å². The number of benzene rings is 1. The Hall–Kier alpha value is -2.60. The van der Waals surface area contributed by atoms with Gasteiger partial charge < -0.3 is 13.8 Å². The first-order valence-electron chi connectivity index (χ1n) is 9.48. The Morgan fingerprint density at radius 1 is 1.36 bits per heavy atom. The van der Waals surface area contributed by atoms with Crippen molar-refractivity contribution in [2.45, 2.75) is 45.1 Å². The van der Waals surface area contributed by atoms with Crippen molar-refractivity contribution in [3.05, 3.63) is 70.2 Å². The predicted octanol–water partition coefficient (Wildman–Crippen LogP) is 5.01. The number of likely N-dealkylation sites (tertiary alicyclic amines) is 1. The highest BCUT2D eigenvalue weighted by Gasteiger charge is 2.35. The van der Waals surface area contributed by atoms with Crippen molar-refractivity contribution in [1.29, 1.82) is 0 Å². The van der Waals surface area contributed by atoms with Crippen LogP contribution in [0.1, 0.15) is 72.1 Å². The number of rotatable bonds is 5. The number of carbonyl (C=O) groups is 1. The second kappa shape index (κ2) is 7.80. The van der Waals surface area contributed by atoms with E-state index in [2.05, 4.69) is 10.1 Å². The summed E-state index contributed by atoms with van der Waals surface area (Å²) in [6.45, 7) is 4.67. The SMILES string of the molecule is CC(C)c1cc(C(=O)N2CCC[C@H]2c2ncc(Cc3cccc(Cl)c3)o2)on1. The lowest BCUT2D eigenvalue weighted by molar-refractivity contribution is 0.0672. The van der Waals surface area contributed by atoms with Crippen molar-refractivity contribution in [3.8, 4) is 0 Å². The largest absolute Gasteiger partial charge is 0.443 e. The summed E-state index contributed by atoms with van der Waals surface area (Å²) in [6.07, 6.45) is 4.04. The molecule has 1 aliphatic heterocycles. The average molecular weight is 400 g/mol. The van der Waals surface area contributed by atoms with Crippen LogP contribution in [-0.4, -0.2) is 27.5 Å². The van der Waals surface area contributed by atoms with Crippen LogP contribution in [0.2, 0.25) is 5.02 Å². The molecule has 1 atom stereocenters. The lowest BCUT2D eigenvalue weighted by Crippen LogP contribution is -2.30. The van der Waals surface area contributed by atoms with Crippen LogP contribution in [0.5, 0.6) is 0 Å². The van der Waals surface area contributed by atoms with Crippen molar-refractivity contribution in [2.24, 2.45) is 0 Å². The number of carbonyl (C=O) groups excluding carboxylic acids is 1. The van der Waals surface area contributed by atoms with Gasteiger partial charge in [-0.05, 0) is 36.5 Å². The van der Waals surface area contributed by atoms with Crippen LogP contribution in [0, 0.1) is 0 Å². The Kier molecular flexibility index (Phi) is 5.22. The van der Waals surface area contributed by atoms with Gasteiger partial charge in [-0.3, -0.25) is 4.79 Å². The van der Waals surface area contributed by atoms with E-state index >= 15 is 0 Å². The Balaban J connectivity index is 1.50. The molecule has 7 heteroatoms. The molecule has 0 saturated carbocycles. The molecule has 2 aromatic heterocycles. The maximum Gasteiger partial charge on any atom is 0.293 e. The Morgan fingerprint density at radius 3 is 2.96 bits per heavy atom. The number of aromatic nitrogens is 2. The fourth-order valence-electron chi connectivity index (χ4n) is 3.48. The van der Waals surface area contributed by atoms with Gasteiger partial charge >= 0.3 is 0 Å². The normalized spacial score (nSPS) is 16.9. The molecule has 0 N–H and O–H groups in total. The van der Waals surface area contributed by atoms with Gasteiger partial charge in [0, 0.05) is 24.1 Å². The second-order valence-electron chi connectivity index (χ2n) is 7.40. The van der Waals surface area contributed by atoms with Gasteiger partial charge in [0.25, 0.3) is 5.91 Å². The van der Waals surface area contributed by atoms with Crippen LogP contribution in [0.25, 0.3) is 0 Å². The summed E-state index contributed by atoms with van der Waals surface area (Å²) >= 11 is 6.05. The van der Waals surface area contributed by atoms with Crippen molar-refractivity contribution >= 4 is 17.5 Å². The molecule has 1 fully saturated rings. The topological polar surface area (TPSA) is 72.4 Å². The Bertz CT molecular complexity index is 979. The van der Waals surface area contributed by atoms with Crippen molar-refractivity contribution in [1.82, 2.24) is 15.0 Å². The zero-order valence-corrected chi connectivity index (χ0v) is 16.6. The van der Waals surface area contributed by atoms with Gasteiger partial charge in [0.1, 0.15) is 11.8 Å². The first-order chi connectivity index (χ1) is 13.5. The molecule has 0 spiro atoms. The summed E-state index contributed by atoms with van der Waals surface area (Å²) in [5, 5.41) is 4.68. The monoisotopic (exact) mass is 399 g/mol. The van der Waals surface area contributed by atoms with Crippen LogP contribution in [0.4, 0.5) is 0 Å². The molecule has 0 bridgehead atoms. The van der Waals surface area contributed by atoms with E-state index < -0.39 is 0 Å². The zero-order chi connectivity index (χ0) is 19.7. The van der Waals surface area contributed by atoms with Crippen molar-refractivity contribution in [2.75, 3.05) is 6.54 Å². The third-order valence-electron chi connectivity index (χ3n) is 4.97. The Labute approximate surface area is 168 Å². The predicted molar refractivity (Wildman–Crippen MR) is 104 cm³/mol. The summed E-state index contributed by atoms with van der Waals surface area (Å²) < 4.78 is 11.3. The number of hydrogen-bond donors (Lipinski definition) is 0. The molecule has 3 aromatic rings. The zero-order valence-electron chi connectivity index (χ0n) is 15.9. The van der Waals surface area contributed by atoms with Crippen LogP contribution in [0.3, 0.4) is 0 Å². The molecule has 146 valence electrons. The van der Waals surface area contributed by atoms with Crippen LogP contribution < -0.4 is 0 Å². The number of oxazole rings is 1. The van der Waals surface area contributed by atoms with Gasteiger partial charge in [-0.2, -0.15) is 0 Å². The highest BCUT2D eigenvalue weighted by Crippen LogP contribution is 2.33. The summed E-state index contributed by atoms with van der Waals surface area (Å²) in [5.74, 6) is 1.61. The lowest BCUT2D eigenvalue weighted by atomic mass is 10.1. The minimum Gasteiger partial charge on any atom is -0.443 e. The van der Waals surface area contributed by atoms with Gasteiger partial charge in [-0.15, -0.1) is 0 Å². The maximum absolute atomic E-state index is 12.9. The molecular formula is C21H22ClN3O3. The Morgan fingerprint density at radius 2 is 2.21 bits per heavy atom. The first kappa shape index (κ1) is 18.7. The molecule has 6 nitrogen and oxygen atoms in total. The van der Waals surface area contributed by atoms with E-state index in [0.717, 1.165) is 29.9 Å². The van der Waals surface area contributed by atoms with Gasteiger partial charge in [0.15, 0.2) is 0 Å². The van der Waals surface area contributed by atoms with Crippen LogP contribution in [0.15, 0.2) is 45.5 Å². The highest BCUT2D eigenvalue weighted by molar-refractivity contribution is 6.30. The molecule has 3 heterocycles. The van der Waals surface area contributed by atoms with Crippen LogP contribution in [-0.2, 0) is 6.42 Å². The second-order valence-corrected chi connectivity index (χ2v) is 7.84. The van der Waals surface area contributed by atoms with E-state index in [0.29, 0.717) is 23.9 Å². The summed E-state index contributed by atoms with van der Waals surface area (Å²) in [7, 11) is 0. The van der Waals surface area contributed by atoms with E-state index in [-0.39, 0.29) is 23.6 Å². The first-order valence-corrected chi connectivity index (χ1v) is 9.85.